The maximum absolute atomic E-state index is 13.6. The molecule has 0 saturated carbocycles. The van der Waals surface area contributed by atoms with Crippen LogP contribution in [0.4, 0.5) is 10.1 Å². The van der Waals surface area contributed by atoms with Crippen LogP contribution >= 0.6 is 22.6 Å². The number of halogens is 2. The van der Waals surface area contributed by atoms with Gasteiger partial charge in [0.25, 0.3) is 5.91 Å². The first-order valence-electron chi connectivity index (χ1n) is 7.13. The van der Waals surface area contributed by atoms with Gasteiger partial charge in [-0.2, -0.15) is 0 Å². The topological polar surface area (TPSA) is 46.6 Å². The molecule has 0 aliphatic carbocycles. The quantitative estimate of drug-likeness (QED) is 0.408. The Kier molecular flexibility index (Phi) is 4.40. The van der Waals surface area contributed by atoms with E-state index in [0.717, 1.165) is 8.47 Å². The number of ether oxygens (including phenoxy) is 1. The first kappa shape index (κ1) is 16.6. The third kappa shape index (κ3) is 2.71. The van der Waals surface area contributed by atoms with Gasteiger partial charge in [-0.15, -0.1) is 0 Å². The van der Waals surface area contributed by atoms with E-state index < -0.39 is 17.6 Å². The summed E-state index contributed by atoms with van der Waals surface area (Å²) in [6, 6.07) is 11.4. The van der Waals surface area contributed by atoms with E-state index in [4.69, 9.17) is 4.74 Å². The van der Waals surface area contributed by atoms with Gasteiger partial charge in [-0.3, -0.25) is 9.59 Å². The molecule has 24 heavy (non-hydrogen) atoms. The summed E-state index contributed by atoms with van der Waals surface area (Å²) in [6.07, 6.45) is 0. The molecule has 4 nitrogen and oxygen atoms in total. The molecular formula is C18H13FINO3. The molecule has 0 saturated heterocycles. The average molecular weight is 437 g/mol. The maximum Gasteiger partial charge on any atom is 0.269 e. The van der Waals surface area contributed by atoms with Gasteiger partial charge in [0.1, 0.15) is 11.6 Å². The molecule has 2 aromatic carbocycles. The molecule has 3 rings (SSSR count). The monoisotopic (exact) mass is 437 g/mol. The van der Waals surface area contributed by atoms with Gasteiger partial charge in [-0.1, -0.05) is 12.1 Å². The van der Waals surface area contributed by atoms with Crippen molar-refractivity contribution in [2.24, 2.45) is 0 Å². The molecule has 0 fully saturated rings. The Labute approximate surface area is 152 Å². The predicted octanol–water partition coefficient (Wildman–Crippen LogP) is 3.84. The van der Waals surface area contributed by atoms with Crippen LogP contribution in [0.5, 0.6) is 0 Å². The number of hydrogen-bond donors (Lipinski definition) is 0. The number of imide groups is 1. The fourth-order valence-corrected chi connectivity index (χ4v) is 3.31. The second-order valence-electron chi connectivity index (χ2n) is 5.24. The van der Waals surface area contributed by atoms with Crippen LogP contribution in [0, 0.1) is 9.39 Å². The number of carbonyl (C=O) groups excluding carboxylic acids is 2. The van der Waals surface area contributed by atoms with Gasteiger partial charge >= 0.3 is 0 Å². The zero-order valence-electron chi connectivity index (χ0n) is 13.0. The minimum absolute atomic E-state index is 0.239. The molecule has 1 aliphatic rings. The third-order valence-corrected chi connectivity index (χ3v) is 4.39. The number of fused-ring (bicyclic) bond motifs is 1. The molecule has 0 aromatic heterocycles. The van der Waals surface area contributed by atoms with Crippen LogP contribution in [-0.4, -0.2) is 18.9 Å². The van der Waals surface area contributed by atoms with Crippen LogP contribution in [0.25, 0.3) is 11.3 Å². The molecule has 0 atom stereocenters. The second kappa shape index (κ2) is 6.35. The van der Waals surface area contributed by atoms with Crippen molar-refractivity contribution in [2.75, 3.05) is 12.0 Å². The van der Waals surface area contributed by atoms with Crippen molar-refractivity contribution in [3.63, 3.8) is 0 Å². The van der Waals surface area contributed by atoms with Crippen LogP contribution < -0.4 is 4.90 Å². The summed E-state index contributed by atoms with van der Waals surface area (Å²) >= 11 is 2.17. The number of amides is 2. The first-order valence-corrected chi connectivity index (χ1v) is 8.21. The molecule has 0 radical (unpaired) electrons. The van der Waals surface area contributed by atoms with Crippen LogP contribution in [0.15, 0.2) is 42.5 Å². The molecule has 122 valence electrons. The fraction of sp³-hybridized carbons (Fsp3) is 0.111. The second-order valence-corrected chi connectivity index (χ2v) is 6.49. The van der Waals surface area contributed by atoms with Crippen molar-refractivity contribution in [3.05, 3.63) is 63.0 Å². The van der Waals surface area contributed by atoms with Gasteiger partial charge in [-0.05, 0) is 52.9 Å². The zero-order valence-corrected chi connectivity index (χ0v) is 15.1. The Morgan fingerprint density at radius 3 is 2.58 bits per heavy atom. The van der Waals surface area contributed by atoms with Gasteiger partial charge < -0.3 is 4.74 Å². The van der Waals surface area contributed by atoms with Crippen molar-refractivity contribution in [3.8, 4) is 0 Å². The molecular weight excluding hydrogens is 424 g/mol. The van der Waals surface area contributed by atoms with Gasteiger partial charge in [0.2, 0.25) is 5.91 Å². The van der Waals surface area contributed by atoms with Crippen molar-refractivity contribution < 1.29 is 18.7 Å². The minimum atomic E-state index is -0.515. The van der Waals surface area contributed by atoms with E-state index >= 15 is 0 Å². The van der Waals surface area contributed by atoms with E-state index in [1.807, 2.05) is 24.3 Å². The number of carbonyl (C=O) groups is 2. The summed E-state index contributed by atoms with van der Waals surface area (Å²) in [5.41, 5.74) is 1.69. The number of rotatable bonds is 2. The zero-order chi connectivity index (χ0) is 17.4. The van der Waals surface area contributed by atoms with Crippen molar-refractivity contribution in [1.82, 2.24) is 0 Å². The summed E-state index contributed by atoms with van der Waals surface area (Å²) in [6.45, 7) is 1.27. The standard InChI is InChI=1S/C18H13FINO3/c1-10(22)21-15-9-12(19)6-7-14(15)16(18(21)23)17(24-2)11-4-3-5-13(20)8-11/h3-9H,1-2H3. The number of nitrogens with zero attached hydrogens (tertiary/aromatic N) is 1. The smallest absolute Gasteiger partial charge is 0.269 e. The van der Waals surface area contributed by atoms with E-state index in [1.54, 1.807) is 0 Å². The number of anilines is 1. The highest BCUT2D eigenvalue weighted by atomic mass is 127. The van der Waals surface area contributed by atoms with Crippen molar-refractivity contribution in [1.29, 1.82) is 0 Å². The van der Waals surface area contributed by atoms with Gasteiger partial charge in [0, 0.05) is 21.6 Å². The SMILES string of the molecule is COC(=C1C(=O)N(C(C)=O)c2cc(F)ccc21)c1cccc(I)c1. The van der Waals surface area contributed by atoms with Crippen molar-refractivity contribution >= 4 is 51.4 Å². The lowest BCUT2D eigenvalue weighted by atomic mass is 10.0. The van der Waals surface area contributed by atoms with E-state index in [2.05, 4.69) is 22.6 Å². The third-order valence-electron chi connectivity index (χ3n) is 3.72. The van der Waals surface area contributed by atoms with E-state index in [1.165, 1.54) is 32.2 Å². The normalized spacial score (nSPS) is 15.3. The van der Waals surface area contributed by atoms with Crippen molar-refractivity contribution in [2.45, 2.75) is 6.92 Å². The molecule has 0 bridgehead atoms. The molecule has 0 spiro atoms. The van der Waals surface area contributed by atoms with Gasteiger partial charge in [0.15, 0.2) is 0 Å². The van der Waals surface area contributed by atoms with Gasteiger partial charge in [-0.25, -0.2) is 9.29 Å². The van der Waals surface area contributed by atoms with Crippen LogP contribution in [0.1, 0.15) is 18.1 Å². The van der Waals surface area contributed by atoms with Crippen LogP contribution in [0.2, 0.25) is 0 Å². The molecule has 1 aliphatic heterocycles. The Balaban J connectivity index is 2.30. The lowest BCUT2D eigenvalue weighted by Gasteiger charge is -2.13. The number of methoxy groups -OCH3 is 1. The van der Waals surface area contributed by atoms with Crippen LogP contribution in [0.3, 0.4) is 0 Å². The summed E-state index contributed by atoms with van der Waals surface area (Å²) in [4.78, 5) is 25.7. The molecule has 6 heteroatoms. The lowest BCUT2D eigenvalue weighted by Crippen LogP contribution is -2.31. The summed E-state index contributed by atoms with van der Waals surface area (Å²) < 4.78 is 20.1. The summed E-state index contributed by atoms with van der Waals surface area (Å²) in [5.74, 6) is -1.14. The average Bonchev–Trinajstić information content (AvgIpc) is 2.80. The van der Waals surface area contributed by atoms with Crippen LogP contribution in [-0.2, 0) is 14.3 Å². The Hall–Kier alpha value is -2.22. The Morgan fingerprint density at radius 2 is 1.96 bits per heavy atom. The number of hydrogen-bond acceptors (Lipinski definition) is 3. The minimum Gasteiger partial charge on any atom is -0.495 e. The molecule has 2 aromatic rings. The van der Waals surface area contributed by atoms with E-state index in [0.29, 0.717) is 16.9 Å². The highest BCUT2D eigenvalue weighted by molar-refractivity contribution is 14.1. The fourth-order valence-electron chi connectivity index (χ4n) is 2.76. The largest absolute Gasteiger partial charge is 0.495 e. The highest BCUT2D eigenvalue weighted by Crippen LogP contribution is 2.41. The molecule has 1 heterocycles. The van der Waals surface area contributed by atoms with E-state index in [-0.39, 0.29) is 11.3 Å². The van der Waals surface area contributed by atoms with Gasteiger partial charge in [0.05, 0.1) is 18.4 Å². The molecule has 0 unspecified atom stereocenters. The predicted molar refractivity (Wildman–Crippen MR) is 97.5 cm³/mol. The Morgan fingerprint density at radius 1 is 1.21 bits per heavy atom. The molecule has 2 amide bonds. The first-order chi connectivity index (χ1) is 11.4. The lowest BCUT2D eigenvalue weighted by molar-refractivity contribution is -0.122. The van der Waals surface area contributed by atoms with E-state index in [9.17, 15) is 14.0 Å². The summed E-state index contributed by atoms with van der Waals surface area (Å²) in [5, 5.41) is 0. The Bertz CT molecular complexity index is 892. The highest BCUT2D eigenvalue weighted by Gasteiger charge is 2.38. The number of benzene rings is 2. The maximum atomic E-state index is 13.6. The summed E-state index contributed by atoms with van der Waals surface area (Å²) in [7, 11) is 1.47. The molecule has 0 N–H and O–H groups in total.